The normalized spacial score (nSPS) is 11.7. The lowest BCUT2D eigenvalue weighted by atomic mass is 9.97. The number of esters is 1. The molecule has 0 saturated carbocycles. The highest BCUT2D eigenvalue weighted by Crippen LogP contribution is 2.26. The van der Waals surface area contributed by atoms with Crippen molar-refractivity contribution in [3.8, 4) is 0 Å². The van der Waals surface area contributed by atoms with Crippen LogP contribution >= 0.6 is 0 Å². The maximum atomic E-state index is 11.6. The van der Waals surface area contributed by atoms with Crippen LogP contribution in [0.25, 0.3) is 0 Å². The molecule has 0 heterocycles. The second-order valence-corrected chi connectivity index (χ2v) is 4.07. The Kier molecular flexibility index (Phi) is 5.36. The molecule has 4 nitrogen and oxygen atoms in total. The predicted octanol–water partition coefficient (Wildman–Crippen LogP) is 2.70. The van der Waals surface area contributed by atoms with E-state index in [0.717, 1.165) is 12.0 Å². The van der Waals surface area contributed by atoms with Crippen LogP contribution in [0.2, 0.25) is 0 Å². The zero-order valence-electron chi connectivity index (χ0n) is 11.0. The molecule has 1 rings (SSSR count). The molecule has 18 heavy (non-hydrogen) atoms. The van der Waals surface area contributed by atoms with E-state index in [1.165, 1.54) is 0 Å². The monoisotopic (exact) mass is 249 g/mol. The minimum absolute atomic E-state index is 0.194. The van der Waals surface area contributed by atoms with Crippen molar-refractivity contribution in [1.82, 2.24) is 0 Å². The first-order valence-corrected chi connectivity index (χ1v) is 6.17. The number of rotatable bonds is 4. The Morgan fingerprint density at radius 3 is 2.56 bits per heavy atom. The van der Waals surface area contributed by atoms with Gasteiger partial charge >= 0.3 is 11.9 Å². The van der Waals surface area contributed by atoms with Gasteiger partial charge in [-0.15, -0.1) is 0 Å². The van der Waals surface area contributed by atoms with E-state index in [9.17, 15) is 9.59 Å². The number of amides is 1. The van der Waals surface area contributed by atoms with Crippen LogP contribution < -0.4 is 5.32 Å². The number of ether oxygens (including phenoxy) is 1. The van der Waals surface area contributed by atoms with Crippen molar-refractivity contribution in [3.05, 3.63) is 29.8 Å². The molecular formula is C14H19NO3. The number of hydrogen-bond acceptors (Lipinski definition) is 3. The van der Waals surface area contributed by atoms with Crippen LogP contribution in [0.3, 0.4) is 0 Å². The highest BCUT2D eigenvalue weighted by atomic mass is 16.5. The van der Waals surface area contributed by atoms with Crippen molar-refractivity contribution in [2.24, 2.45) is 0 Å². The lowest BCUT2D eigenvalue weighted by Crippen LogP contribution is -2.25. The topological polar surface area (TPSA) is 55.4 Å². The van der Waals surface area contributed by atoms with Crippen LogP contribution in [-0.2, 0) is 14.3 Å². The molecule has 1 amide bonds. The van der Waals surface area contributed by atoms with E-state index in [0.29, 0.717) is 11.6 Å². The first-order chi connectivity index (χ1) is 8.60. The van der Waals surface area contributed by atoms with Gasteiger partial charge in [-0.3, -0.25) is 4.79 Å². The molecule has 1 atom stereocenters. The molecule has 1 aromatic rings. The van der Waals surface area contributed by atoms with Crippen LogP contribution in [0.4, 0.5) is 5.69 Å². The van der Waals surface area contributed by atoms with Crippen LogP contribution in [-0.4, -0.2) is 18.5 Å². The Balaban J connectivity index is 2.84. The van der Waals surface area contributed by atoms with E-state index >= 15 is 0 Å². The van der Waals surface area contributed by atoms with Gasteiger partial charge in [-0.2, -0.15) is 0 Å². The summed E-state index contributed by atoms with van der Waals surface area (Å²) in [5.41, 5.74) is 1.70. The lowest BCUT2D eigenvalue weighted by Gasteiger charge is -2.15. The quantitative estimate of drug-likeness (QED) is 0.659. The first kappa shape index (κ1) is 14.2. The van der Waals surface area contributed by atoms with Crippen LogP contribution in [0.15, 0.2) is 24.3 Å². The van der Waals surface area contributed by atoms with Gasteiger partial charge in [-0.05, 0) is 30.9 Å². The summed E-state index contributed by atoms with van der Waals surface area (Å²) in [6.45, 7) is 6.02. The molecule has 1 N–H and O–H groups in total. The molecule has 4 heteroatoms. The van der Waals surface area contributed by atoms with Gasteiger partial charge in [0.15, 0.2) is 0 Å². The molecule has 0 bridgehead atoms. The molecular weight excluding hydrogens is 230 g/mol. The molecule has 0 spiro atoms. The Bertz CT molecular complexity index is 429. The third-order valence-corrected chi connectivity index (χ3v) is 2.81. The third-order valence-electron chi connectivity index (χ3n) is 2.81. The van der Waals surface area contributed by atoms with Gasteiger partial charge in [0.2, 0.25) is 0 Å². The third kappa shape index (κ3) is 3.58. The summed E-state index contributed by atoms with van der Waals surface area (Å²) in [6, 6.07) is 7.49. The van der Waals surface area contributed by atoms with E-state index in [-0.39, 0.29) is 6.61 Å². The Morgan fingerprint density at radius 2 is 1.94 bits per heavy atom. The molecule has 0 aliphatic heterocycles. The van der Waals surface area contributed by atoms with Crippen LogP contribution in [0.5, 0.6) is 0 Å². The second kappa shape index (κ2) is 6.79. The number of carbonyl (C=O) groups is 2. The SMILES string of the molecule is CCOC(=O)C(=O)Nc1ccccc1[C@@H](C)CC. The predicted molar refractivity (Wildman–Crippen MR) is 70.4 cm³/mol. The summed E-state index contributed by atoms with van der Waals surface area (Å²) in [5.74, 6) is -1.26. The number of benzene rings is 1. The zero-order valence-corrected chi connectivity index (χ0v) is 11.0. The first-order valence-electron chi connectivity index (χ1n) is 6.17. The average Bonchev–Trinajstić information content (AvgIpc) is 2.38. The van der Waals surface area contributed by atoms with E-state index in [1.54, 1.807) is 13.0 Å². The summed E-state index contributed by atoms with van der Waals surface area (Å²) < 4.78 is 4.65. The number of hydrogen-bond donors (Lipinski definition) is 1. The number of nitrogens with one attached hydrogen (secondary N) is 1. The van der Waals surface area contributed by atoms with Gasteiger partial charge in [0, 0.05) is 5.69 Å². The van der Waals surface area contributed by atoms with Gasteiger partial charge in [0.1, 0.15) is 0 Å². The molecule has 0 aromatic heterocycles. The maximum absolute atomic E-state index is 11.6. The minimum atomic E-state index is -0.851. The second-order valence-electron chi connectivity index (χ2n) is 4.07. The smallest absolute Gasteiger partial charge is 0.397 e. The van der Waals surface area contributed by atoms with Crippen molar-refractivity contribution in [2.45, 2.75) is 33.1 Å². The lowest BCUT2D eigenvalue weighted by molar-refractivity contribution is -0.152. The summed E-state index contributed by atoms with van der Waals surface area (Å²) in [5, 5.41) is 2.60. The Morgan fingerprint density at radius 1 is 1.28 bits per heavy atom. The molecule has 0 saturated heterocycles. The van der Waals surface area contributed by atoms with Crippen LogP contribution in [0.1, 0.15) is 38.7 Å². The van der Waals surface area contributed by atoms with E-state index in [1.807, 2.05) is 18.2 Å². The summed E-state index contributed by atoms with van der Waals surface area (Å²) in [4.78, 5) is 22.8. The fourth-order valence-corrected chi connectivity index (χ4v) is 1.63. The minimum Gasteiger partial charge on any atom is -0.459 e. The van der Waals surface area contributed by atoms with Crippen molar-refractivity contribution in [3.63, 3.8) is 0 Å². The molecule has 0 aliphatic carbocycles. The van der Waals surface area contributed by atoms with Crippen molar-refractivity contribution >= 4 is 17.6 Å². The van der Waals surface area contributed by atoms with Gasteiger partial charge < -0.3 is 10.1 Å². The fourth-order valence-electron chi connectivity index (χ4n) is 1.63. The molecule has 0 radical (unpaired) electrons. The molecule has 1 aromatic carbocycles. The highest BCUT2D eigenvalue weighted by Gasteiger charge is 2.17. The molecule has 98 valence electrons. The summed E-state index contributed by atoms with van der Waals surface area (Å²) >= 11 is 0. The van der Waals surface area contributed by atoms with E-state index < -0.39 is 11.9 Å². The van der Waals surface area contributed by atoms with Crippen LogP contribution in [0, 0.1) is 0 Å². The maximum Gasteiger partial charge on any atom is 0.397 e. The van der Waals surface area contributed by atoms with Crippen molar-refractivity contribution in [1.29, 1.82) is 0 Å². The summed E-state index contributed by atoms with van der Waals surface area (Å²) in [6.07, 6.45) is 0.965. The Labute approximate surface area is 107 Å². The molecule has 0 fully saturated rings. The number of anilines is 1. The van der Waals surface area contributed by atoms with Gasteiger partial charge in [-0.25, -0.2) is 4.79 Å². The average molecular weight is 249 g/mol. The van der Waals surface area contributed by atoms with E-state index in [4.69, 9.17) is 0 Å². The fraction of sp³-hybridized carbons (Fsp3) is 0.429. The van der Waals surface area contributed by atoms with Gasteiger partial charge in [0.25, 0.3) is 0 Å². The molecule has 0 unspecified atom stereocenters. The largest absolute Gasteiger partial charge is 0.459 e. The highest BCUT2D eigenvalue weighted by molar-refractivity contribution is 6.37. The molecule has 0 aliphatic rings. The number of carbonyl (C=O) groups excluding carboxylic acids is 2. The van der Waals surface area contributed by atoms with Gasteiger partial charge in [0.05, 0.1) is 6.61 Å². The van der Waals surface area contributed by atoms with Crippen molar-refractivity contribution < 1.29 is 14.3 Å². The standard InChI is InChI=1S/C14H19NO3/c1-4-10(3)11-8-6-7-9-12(11)15-13(16)14(17)18-5-2/h6-10H,4-5H2,1-3H3,(H,15,16)/t10-/m0/s1. The Hall–Kier alpha value is -1.84. The summed E-state index contributed by atoms with van der Waals surface area (Å²) in [7, 11) is 0. The van der Waals surface area contributed by atoms with E-state index in [2.05, 4.69) is 23.9 Å². The van der Waals surface area contributed by atoms with Crippen molar-refractivity contribution in [2.75, 3.05) is 11.9 Å². The van der Waals surface area contributed by atoms with Gasteiger partial charge in [-0.1, -0.05) is 32.0 Å². The zero-order chi connectivity index (χ0) is 13.5. The number of para-hydroxylation sites is 1.